The highest BCUT2D eigenvalue weighted by Crippen LogP contribution is 2.15. The van der Waals surface area contributed by atoms with Gasteiger partial charge in [0.15, 0.2) is 0 Å². The van der Waals surface area contributed by atoms with Crippen molar-refractivity contribution >= 4 is 0 Å². The fourth-order valence-corrected chi connectivity index (χ4v) is 2.70. The second-order valence-electron chi connectivity index (χ2n) is 6.09. The molecule has 0 aliphatic rings. The van der Waals surface area contributed by atoms with Crippen molar-refractivity contribution < 1.29 is 0 Å². The standard InChI is InChI=1S/C22H29N/c1-2-3-4-5-6-13-18-23(19-21-14-9-7-10-15-21)20-22-16-11-8-12-17-22/h7-12,14-17,19-20H,2-6,13,18H2,1H3. The number of rotatable bonds is 11. The van der Waals surface area contributed by atoms with Crippen LogP contribution in [0.1, 0.15) is 56.6 Å². The van der Waals surface area contributed by atoms with Gasteiger partial charge in [-0.3, -0.25) is 4.90 Å². The van der Waals surface area contributed by atoms with Crippen LogP contribution in [0.15, 0.2) is 60.7 Å². The van der Waals surface area contributed by atoms with Crippen molar-refractivity contribution in [3.8, 4) is 0 Å². The maximum Gasteiger partial charge on any atom is 0.0552 e. The second kappa shape index (κ2) is 11.0. The third-order valence-electron chi connectivity index (χ3n) is 4.00. The fourth-order valence-electron chi connectivity index (χ4n) is 2.70. The molecule has 0 atom stereocenters. The van der Waals surface area contributed by atoms with E-state index in [1.807, 2.05) is 0 Å². The fraction of sp³-hybridized carbons (Fsp3) is 0.364. The van der Waals surface area contributed by atoms with Crippen molar-refractivity contribution in [1.82, 2.24) is 4.90 Å². The number of benzene rings is 2. The summed E-state index contributed by atoms with van der Waals surface area (Å²) in [6, 6.07) is 21.1. The Hall–Kier alpha value is -1.60. The summed E-state index contributed by atoms with van der Waals surface area (Å²) < 4.78 is 0. The van der Waals surface area contributed by atoms with Crippen LogP contribution in [0.2, 0.25) is 0 Å². The molecule has 0 aliphatic heterocycles. The van der Waals surface area contributed by atoms with E-state index >= 15 is 0 Å². The highest BCUT2D eigenvalue weighted by molar-refractivity contribution is 5.26. The molecule has 0 bridgehead atoms. The van der Waals surface area contributed by atoms with Gasteiger partial charge in [-0.15, -0.1) is 0 Å². The summed E-state index contributed by atoms with van der Waals surface area (Å²) in [6.07, 6.45) is 7.99. The van der Waals surface area contributed by atoms with Crippen LogP contribution in [0.3, 0.4) is 0 Å². The van der Waals surface area contributed by atoms with E-state index in [0.29, 0.717) is 0 Å². The molecule has 23 heavy (non-hydrogen) atoms. The van der Waals surface area contributed by atoms with E-state index in [2.05, 4.69) is 85.6 Å². The second-order valence-corrected chi connectivity index (χ2v) is 6.09. The molecule has 0 saturated carbocycles. The Balaban J connectivity index is 1.83. The van der Waals surface area contributed by atoms with Crippen molar-refractivity contribution in [1.29, 1.82) is 0 Å². The first kappa shape index (κ1) is 17.7. The van der Waals surface area contributed by atoms with E-state index in [1.54, 1.807) is 0 Å². The van der Waals surface area contributed by atoms with Gasteiger partial charge in [0.05, 0.1) is 13.1 Å². The van der Waals surface area contributed by atoms with E-state index in [0.717, 1.165) is 6.54 Å². The first-order chi connectivity index (χ1) is 11.4. The molecule has 1 nitrogen and oxygen atoms in total. The van der Waals surface area contributed by atoms with Crippen LogP contribution in [0, 0.1) is 13.1 Å². The van der Waals surface area contributed by atoms with Gasteiger partial charge >= 0.3 is 0 Å². The van der Waals surface area contributed by atoms with Crippen molar-refractivity contribution in [2.75, 3.05) is 6.54 Å². The summed E-state index contributed by atoms with van der Waals surface area (Å²) in [7, 11) is 0. The SMILES string of the molecule is CCCCCCCCN([CH]c1ccccc1)[CH]c1ccccc1. The first-order valence-corrected chi connectivity index (χ1v) is 8.94. The third-order valence-corrected chi connectivity index (χ3v) is 4.00. The Labute approximate surface area is 142 Å². The zero-order chi connectivity index (χ0) is 16.2. The van der Waals surface area contributed by atoms with Crippen molar-refractivity contribution in [3.63, 3.8) is 0 Å². The molecule has 0 fully saturated rings. The summed E-state index contributed by atoms with van der Waals surface area (Å²) in [5.41, 5.74) is 2.51. The monoisotopic (exact) mass is 307 g/mol. The maximum absolute atomic E-state index is 2.34. The lowest BCUT2D eigenvalue weighted by molar-refractivity contribution is 0.407. The van der Waals surface area contributed by atoms with Crippen LogP contribution in [-0.2, 0) is 0 Å². The van der Waals surface area contributed by atoms with Gasteiger partial charge < -0.3 is 0 Å². The minimum absolute atomic E-state index is 1.08. The highest BCUT2D eigenvalue weighted by Gasteiger charge is 2.08. The molecule has 0 aromatic heterocycles. The molecular formula is C22H29N. The van der Waals surface area contributed by atoms with Crippen LogP contribution in [0.5, 0.6) is 0 Å². The number of nitrogens with zero attached hydrogens (tertiary/aromatic N) is 1. The van der Waals surface area contributed by atoms with Crippen molar-refractivity contribution in [2.45, 2.75) is 45.4 Å². The predicted molar refractivity (Wildman–Crippen MR) is 99.8 cm³/mol. The molecule has 1 heteroatoms. The van der Waals surface area contributed by atoms with E-state index in [4.69, 9.17) is 0 Å². The molecule has 122 valence electrons. The van der Waals surface area contributed by atoms with Crippen LogP contribution >= 0.6 is 0 Å². The Morgan fingerprint density at radius 1 is 0.652 bits per heavy atom. The zero-order valence-corrected chi connectivity index (χ0v) is 14.3. The molecule has 0 heterocycles. The molecule has 2 rings (SSSR count). The molecule has 0 unspecified atom stereocenters. The first-order valence-electron chi connectivity index (χ1n) is 8.94. The Bertz CT molecular complexity index is 465. The van der Waals surface area contributed by atoms with E-state index < -0.39 is 0 Å². The van der Waals surface area contributed by atoms with E-state index in [-0.39, 0.29) is 0 Å². The Morgan fingerprint density at radius 3 is 1.65 bits per heavy atom. The van der Waals surface area contributed by atoms with Gasteiger partial charge in [0.25, 0.3) is 0 Å². The van der Waals surface area contributed by atoms with Gasteiger partial charge in [-0.05, 0) is 24.1 Å². The van der Waals surface area contributed by atoms with Gasteiger partial charge in [-0.1, -0.05) is 99.7 Å². The summed E-state index contributed by atoms with van der Waals surface area (Å²) in [6.45, 7) is 7.85. The van der Waals surface area contributed by atoms with Crippen LogP contribution < -0.4 is 0 Å². The smallest absolute Gasteiger partial charge is 0.0552 e. The molecule has 0 aliphatic carbocycles. The summed E-state index contributed by atoms with van der Waals surface area (Å²) in [5, 5.41) is 0. The predicted octanol–water partition coefficient (Wildman–Crippen LogP) is 6.07. The molecule has 2 radical (unpaired) electrons. The minimum Gasteiger partial charge on any atom is -0.285 e. The average molecular weight is 307 g/mol. The molecule has 2 aromatic rings. The number of unbranched alkanes of at least 4 members (excludes halogenated alkanes) is 5. The van der Waals surface area contributed by atoms with Crippen LogP contribution in [-0.4, -0.2) is 11.4 Å². The third kappa shape index (κ3) is 7.47. The summed E-state index contributed by atoms with van der Waals surface area (Å²) in [4.78, 5) is 2.34. The van der Waals surface area contributed by atoms with Crippen LogP contribution in [0.4, 0.5) is 0 Å². The van der Waals surface area contributed by atoms with Gasteiger partial charge in [-0.2, -0.15) is 0 Å². The average Bonchev–Trinajstić information content (AvgIpc) is 2.60. The summed E-state index contributed by atoms with van der Waals surface area (Å²) >= 11 is 0. The lowest BCUT2D eigenvalue weighted by Gasteiger charge is -2.21. The molecular weight excluding hydrogens is 278 g/mol. The molecule has 2 aromatic carbocycles. The van der Waals surface area contributed by atoms with Crippen LogP contribution in [0.25, 0.3) is 0 Å². The van der Waals surface area contributed by atoms with Gasteiger partial charge in [0.1, 0.15) is 0 Å². The maximum atomic E-state index is 2.34. The largest absolute Gasteiger partial charge is 0.285 e. The Morgan fingerprint density at radius 2 is 1.13 bits per heavy atom. The lowest BCUT2D eigenvalue weighted by atomic mass is 10.1. The van der Waals surface area contributed by atoms with Gasteiger partial charge in [0.2, 0.25) is 0 Å². The van der Waals surface area contributed by atoms with Gasteiger partial charge in [-0.25, -0.2) is 0 Å². The van der Waals surface area contributed by atoms with Gasteiger partial charge in [0, 0.05) is 0 Å². The molecule has 0 amide bonds. The van der Waals surface area contributed by atoms with E-state index in [1.165, 1.54) is 49.7 Å². The van der Waals surface area contributed by atoms with Crippen molar-refractivity contribution in [2.24, 2.45) is 0 Å². The van der Waals surface area contributed by atoms with E-state index in [9.17, 15) is 0 Å². The summed E-state index contributed by atoms with van der Waals surface area (Å²) in [5.74, 6) is 0. The normalized spacial score (nSPS) is 11.0. The molecule has 0 saturated heterocycles. The topological polar surface area (TPSA) is 3.24 Å². The van der Waals surface area contributed by atoms with Crippen molar-refractivity contribution in [3.05, 3.63) is 84.9 Å². The number of hydrogen-bond acceptors (Lipinski definition) is 1. The number of hydrogen-bond donors (Lipinski definition) is 0. The quantitative estimate of drug-likeness (QED) is 0.455. The molecule has 0 N–H and O–H groups in total. The molecule has 0 spiro atoms. The lowest BCUT2D eigenvalue weighted by Crippen LogP contribution is -2.20. The minimum atomic E-state index is 1.08. The Kier molecular flexibility index (Phi) is 8.50. The zero-order valence-electron chi connectivity index (χ0n) is 14.3. The highest BCUT2D eigenvalue weighted by atomic mass is 15.1.